The summed E-state index contributed by atoms with van der Waals surface area (Å²) < 4.78 is 26.8. The van der Waals surface area contributed by atoms with Gasteiger partial charge >= 0.3 is 0 Å². The molecule has 0 atom stereocenters. The number of aromatic nitrogens is 1. The minimum absolute atomic E-state index is 0.0427. The third-order valence-corrected chi connectivity index (χ3v) is 3.81. The fraction of sp³-hybridized carbons (Fsp3) is 0.615. The highest BCUT2D eigenvalue weighted by Gasteiger charge is 2.27. The third kappa shape index (κ3) is 3.32. The highest BCUT2D eigenvalue weighted by Crippen LogP contribution is 2.35. The lowest BCUT2D eigenvalue weighted by Crippen LogP contribution is -2.29. The molecular formula is C13H20F2N4. The van der Waals surface area contributed by atoms with E-state index in [0.29, 0.717) is 6.54 Å². The Labute approximate surface area is 111 Å². The van der Waals surface area contributed by atoms with Crippen LogP contribution in [0, 0.1) is 17.0 Å². The average molecular weight is 270 g/mol. The van der Waals surface area contributed by atoms with Gasteiger partial charge in [-0.3, -0.25) is 0 Å². The summed E-state index contributed by atoms with van der Waals surface area (Å²) in [5.74, 6) is 3.52. The molecule has 0 saturated heterocycles. The lowest BCUT2D eigenvalue weighted by molar-refractivity contribution is 0.233. The number of rotatable bonds is 4. The predicted octanol–water partition coefficient (Wildman–Crippen LogP) is 3.03. The number of nitrogens with zero attached hydrogens (tertiary/aromatic N) is 1. The summed E-state index contributed by atoms with van der Waals surface area (Å²) in [4.78, 5) is 3.81. The smallest absolute Gasteiger partial charge is 0.178 e. The number of hydrogen-bond donors (Lipinski definition) is 3. The van der Waals surface area contributed by atoms with Crippen molar-refractivity contribution in [2.75, 3.05) is 17.3 Å². The van der Waals surface area contributed by atoms with Crippen molar-refractivity contribution in [3.8, 4) is 0 Å². The van der Waals surface area contributed by atoms with Crippen molar-refractivity contribution in [3.63, 3.8) is 0 Å². The molecule has 1 fully saturated rings. The van der Waals surface area contributed by atoms with E-state index in [1.807, 2.05) is 0 Å². The summed E-state index contributed by atoms with van der Waals surface area (Å²) in [6.07, 6.45) is 5.90. The maximum absolute atomic E-state index is 13.6. The number of hydrazine groups is 1. The molecule has 4 N–H and O–H groups in total. The van der Waals surface area contributed by atoms with Crippen LogP contribution in [-0.2, 0) is 0 Å². The molecule has 0 amide bonds. The third-order valence-electron chi connectivity index (χ3n) is 3.81. The number of hydrogen-bond acceptors (Lipinski definition) is 4. The Kier molecular flexibility index (Phi) is 4.19. The van der Waals surface area contributed by atoms with Crippen molar-refractivity contribution in [2.45, 2.75) is 39.0 Å². The first kappa shape index (κ1) is 14.0. The normalized spacial score (nSPS) is 18.1. The van der Waals surface area contributed by atoms with Gasteiger partial charge in [-0.15, -0.1) is 0 Å². The number of nitrogen functional groups attached to an aromatic ring is 1. The van der Waals surface area contributed by atoms with E-state index in [1.165, 1.54) is 19.3 Å². The molecule has 2 rings (SSSR count). The van der Waals surface area contributed by atoms with Crippen LogP contribution >= 0.6 is 0 Å². The van der Waals surface area contributed by atoms with E-state index in [-0.39, 0.29) is 17.1 Å². The Morgan fingerprint density at radius 1 is 1.21 bits per heavy atom. The quantitative estimate of drug-likeness (QED) is 0.581. The lowest BCUT2D eigenvalue weighted by Gasteiger charge is -2.33. The van der Waals surface area contributed by atoms with Crippen molar-refractivity contribution >= 4 is 11.6 Å². The van der Waals surface area contributed by atoms with E-state index in [1.54, 1.807) is 0 Å². The van der Waals surface area contributed by atoms with Gasteiger partial charge < -0.3 is 10.7 Å². The van der Waals surface area contributed by atoms with Gasteiger partial charge in [0.2, 0.25) is 0 Å². The fourth-order valence-electron chi connectivity index (χ4n) is 2.57. The standard InChI is InChI=1S/C13H20F2N4/c1-13(5-3-2-4-6-13)8-17-11-9(14)7-10(15)12(18-11)19-16/h7H,2-6,8,16H2,1H3,(H2,17,18,19). The van der Waals surface area contributed by atoms with E-state index in [2.05, 4.69) is 22.7 Å². The summed E-state index contributed by atoms with van der Waals surface area (Å²) in [7, 11) is 0. The second-order valence-corrected chi connectivity index (χ2v) is 5.52. The number of nitrogens with one attached hydrogen (secondary N) is 2. The van der Waals surface area contributed by atoms with Crippen LogP contribution in [0.5, 0.6) is 0 Å². The molecule has 1 saturated carbocycles. The molecule has 1 heterocycles. The molecule has 0 radical (unpaired) electrons. The predicted molar refractivity (Wildman–Crippen MR) is 71.6 cm³/mol. The zero-order chi connectivity index (χ0) is 13.9. The van der Waals surface area contributed by atoms with Gasteiger partial charge in [0.05, 0.1) is 0 Å². The SMILES string of the molecule is CC1(CNc2nc(NN)c(F)cc2F)CCCCC1. The van der Waals surface area contributed by atoms with Crippen LogP contribution < -0.4 is 16.6 Å². The summed E-state index contributed by atoms with van der Waals surface area (Å²) >= 11 is 0. The van der Waals surface area contributed by atoms with E-state index < -0.39 is 11.6 Å². The second-order valence-electron chi connectivity index (χ2n) is 5.52. The van der Waals surface area contributed by atoms with Crippen LogP contribution in [-0.4, -0.2) is 11.5 Å². The molecule has 0 bridgehead atoms. The molecule has 19 heavy (non-hydrogen) atoms. The Morgan fingerprint density at radius 2 is 1.84 bits per heavy atom. The molecule has 1 aromatic rings. The van der Waals surface area contributed by atoms with Gasteiger partial charge in [-0.25, -0.2) is 19.6 Å². The average Bonchev–Trinajstić information content (AvgIpc) is 2.39. The second kappa shape index (κ2) is 5.69. The lowest BCUT2D eigenvalue weighted by atomic mass is 9.76. The van der Waals surface area contributed by atoms with Crippen LogP contribution in [0.15, 0.2) is 6.07 Å². The van der Waals surface area contributed by atoms with E-state index in [0.717, 1.165) is 18.9 Å². The summed E-state index contributed by atoms with van der Waals surface area (Å²) in [6, 6.07) is 0.785. The largest absolute Gasteiger partial charge is 0.367 e. The summed E-state index contributed by atoms with van der Waals surface area (Å²) in [6.45, 7) is 2.81. The van der Waals surface area contributed by atoms with Crippen LogP contribution in [0.3, 0.4) is 0 Å². The van der Waals surface area contributed by atoms with E-state index in [9.17, 15) is 8.78 Å². The van der Waals surface area contributed by atoms with Gasteiger partial charge in [0.1, 0.15) is 0 Å². The number of halogens is 2. The van der Waals surface area contributed by atoms with Crippen LogP contribution in [0.2, 0.25) is 0 Å². The zero-order valence-electron chi connectivity index (χ0n) is 11.1. The molecular weight excluding hydrogens is 250 g/mol. The Hall–Kier alpha value is -1.43. The van der Waals surface area contributed by atoms with Crippen molar-refractivity contribution in [1.82, 2.24) is 4.98 Å². The van der Waals surface area contributed by atoms with Gasteiger partial charge in [0.15, 0.2) is 23.3 Å². The summed E-state index contributed by atoms with van der Waals surface area (Å²) in [5.41, 5.74) is 2.27. The van der Waals surface area contributed by atoms with Gasteiger partial charge in [0, 0.05) is 12.6 Å². The number of pyridine rings is 1. The number of nitrogens with two attached hydrogens (primary N) is 1. The molecule has 1 aliphatic rings. The zero-order valence-corrected chi connectivity index (χ0v) is 11.1. The Balaban J connectivity index is 2.06. The van der Waals surface area contributed by atoms with Crippen molar-refractivity contribution < 1.29 is 8.78 Å². The highest BCUT2D eigenvalue weighted by molar-refractivity contribution is 5.46. The Bertz CT molecular complexity index is 445. The molecule has 0 aliphatic heterocycles. The maximum atomic E-state index is 13.6. The molecule has 1 aliphatic carbocycles. The molecule has 4 nitrogen and oxygen atoms in total. The molecule has 106 valence electrons. The molecule has 0 spiro atoms. The fourth-order valence-corrected chi connectivity index (χ4v) is 2.57. The first-order valence-corrected chi connectivity index (χ1v) is 6.61. The minimum atomic E-state index is -0.797. The molecule has 0 unspecified atom stereocenters. The van der Waals surface area contributed by atoms with Crippen molar-refractivity contribution in [2.24, 2.45) is 11.3 Å². The Morgan fingerprint density at radius 3 is 2.47 bits per heavy atom. The summed E-state index contributed by atoms with van der Waals surface area (Å²) in [5, 5.41) is 2.98. The van der Waals surface area contributed by atoms with Gasteiger partial charge in [-0.1, -0.05) is 26.2 Å². The van der Waals surface area contributed by atoms with E-state index >= 15 is 0 Å². The van der Waals surface area contributed by atoms with Crippen LogP contribution in [0.1, 0.15) is 39.0 Å². The highest BCUT2D eigenvalue weighted by atomic mass is 19.1. The van der Waals surface area contributed by atoms with E-state index in [4.69, 9.17) is 5.84 Å². The molecule has 0 aromatic carbocycles. The van der Waals surface area contributed by atoms with Crippen molar-refractivity contribution in [1.29, 1.82) is 0 Å². The molecule has 6 heteroatoms. The first-order valence-electron chi connectivity index (χ1n) is 6.61. The monoisotopic (exact) mass is 270 g/mol. The maximum Gasteiger partial charge on any atom is 0.178 e. The van der Waals surface area contributed by atoms with Gasteiger partial charge in [-0.05, 0) is 18.3 Å². The minimum Gasteiger partial charge on any atom is -0.367 e. The van der Waals surface area contributed by atoms with Gasteiger partial charge in [-0.2, -0.15) is 0 Å². The van der Waals surface area contributed by atoms with Crippen LogP contribution in [0.25, 0.3) is 0 Å². The number of anilines is 2. The topological polar surface area (TPSA) is 63.0 Å². The molecule has 1 aromatic heterocycles. The van der Waals surface area contributed by atoms with Crippen LogP contribution in [0.4, 0.5) is 20.4 Å². The van der Waals surface area contributed by atoms with Crippen molar-refractivity contribution in [3.05, 3.63) is 17.7 Å². The van der Waals surface area contributed by atoms with Gasteiger partial charge in [0.25, 0.3) is 0 Å². The first-order chi connectivity index (χ1) is 9.04.